The third kappa shape index (κ3) is 4.01. The fourth-order valence-electron chi connectivity index (χ4n) is 1.27. The van der Waals surface area contributed by atoms with Gasteiger partial charge in [0.1, 0.15) is 5.75 Å². The van der Waals surface area contributed by atoms with E-state index in [4.69, 9.17) is 16.3 Å². The van der Waals surface area contributed by atoms with E-state index < -0.39 is 0 Å². The highest BCUT2D eigenvalue weighted by Crippen LogP contribution is 2.16. The summed E-state index contributed by atoms with van der Waals surface area (Å²) in [5.41, 5.74) is 1.19. The fourth-order valence-corrected chi connectivity index (χ4v) is 1.42. The lowest BCUT2D eigenvalue weighted by atomic mass is 10.2. The minimum atomic E-state index is 0.246. The zero-order chi connectivity index (χ0) is 10.4. The molecule has 1 unspecified atom stereocenters. The Kier molecular flexibility index (Phi) is 4.81. The monoisotopic (exact) mass is 212 g/mol. The average Bonchev–Trinajstić information content (AvgIpc) is 2.15. The Morgan fingerprint density at radius 1 is 1.36 bits per heavy atom. The SMILES string of the molecule is Cc1ccccc1OCCCC(C)Cl. The maximum absolute atomic E-state index is 5.84. The smallest absolute Gasteiger partial charge is 0.122 e. The van der Waals surface area contributed by atoms with Gasteiger partial charge in [0.15, 0.2) is 0 Å². The van der Waals surface area contributed by atoms with Crippen LogP contribution in [0.15, 0.2) is 24.3 Å². The van der Waals surface area contributed by atoms with Crippen LogP contribution in [0.3, 0.4) is 0 Å². The standard InChI is InChI=1S/C12H17ClO/c1-10-6-3-4-8-12(10)14-9-5-7-11(2)13/h3-4,6,8,11H,5,7,9H2,1-2H3. The second-order valence-corrected chi connectivity index (χ2v) is 4.28. The van der Waals surface area contributed by atoms with E-state index in [0.29, 0.717) is 0 Å². The molecule has 0 amide bonds. The summed E-state index contributed by atoms with van der Waals surface area (Å²) in [6.07, 6.45) is 2.02. The van der Waals surface area contributed by atoms with Gasteiger partial charge in [-0.15, -0.1) is 11.6 Å². The maximum atomic E-state index is 5.84. The van der Waals surface area contributed by atoms with Crippen LogP contribution in [0.5, 0.6) is 5.75 Å². The van der Waals surface area contributed by atoms with Gasteiger partial charge in [0.2, 0.25) is 0 Å². The van der Waals surface area contributed by atoms with Crippen LogP contribution < -0.4 is 4.74 Å². The van der Waals surface area contributed by atoms with Gasteiger partial charge in [0, 0.05) is 5.38 Å². The van der Waals surface area contributed by atoms with Crippen molar-refractivity contribution in [1.29, 1.82) is 0 Å². The normalized spacial score (nSPS) is 12.5. The summed E-state index contributed by atoms with van der Waals surface area (Å²) in [5.74, 6) is 0.981. The molecule has 1 aromatic rings. The predicted octanol–water partition coefficient (Wildman–Crippen LogP) is 3.78. The highest BCUT2D eigenvalue weighted by molar-refractivity contribution is 6.20. The van der Waals surface area contributed by atoms with Crippen molar-refractivity contribution in [2.45, 2.75) is 32.1 Å². The van der Waals surface area contributed by atoms with Gasteiger partial charge < -0.3 is 4.74 Å². The molecule has 0 saturated heterocycles. The summed E-state index contributed by atoms with van der Waals surface area (Å²) >= 11 is 5.84. The first-order valence-corrected chi connectivity index (χ1v) is 5.46. The number of hydrogen-bond acceptors (Lipinski definition) is 1. The lowest BCUT2D eigenvalue weighted by Gasteiger charge is -2.08. The molecule has 2 heteroatoms. The van der Waals surface area contributed by atoms with Gasteiger partial charge in [-0.25, -0.2) is 0 Å². The molecule has 0 aromatic heterocycles. The molecule has 1 rings (SSSR count). The van der Waals surface area contributed by atoms with Crippen LogP contribution in [-0.4, -0.2) is 12.0 Å². The van der Waals surface area contributed by atoms with E-state index in [9.17, 15) is 0 Å². The van der Waals surface area contributed by atoms with E-state index >= 15 is 0 Å². The van der Waals surface area contributed by atoms with Crippen molar-refractivity contribution in [3.63, 3.8) is 0 Å². The van der Waals surface area contributed by atoms with Crippen LogP contribution in [0.4, 0.5) is 0 Å². The largest absolute Gasteiger partial charge is 0.493 e. The molecule has 1 nitrogen and oxygen atoms in total. The Morgan fingerprint density at radius 3 is 2.71 bits per heavy atom. The molecular formula is C12H17ClO. The molecule has 78 valence electrons. The summed E-state index contributed by atoms with van der Waals surface area (Å²) in [4.78, 5) is 0. The van der Waals surface area contributed by atoms with Crippen molar-refractivity contribution in [2.75, 3.05) is 6.61 Å². The highest BCUT2D eigenvalue weighted by atomic mass is 35.5. The molecule has 0 saturated carbocycles. The van der Waals surface area contributed by atoms with Gasteiger partial charge >= 0.3 is 0 Å². The van der Waals surface area contributed by atoms with Crippen molar-refractivity contribution in [3.05, 3.63) is 29.8 Å². The molecule has 1 atom stereocenters. The minimum absolute atomic E-state index is 0.246. The van der Waals surface area contributed by atoms with E-state index in [0.717, 1.165) is 25.2 Å². The summed E-state index contributed by atoms with van der Waals surface area (Å²) in [6, 6.07) is 8.06. The lowest BCUT2D eigenvalue weighted by molar-refractivity contribution is 0.305. The summed E-state index contributed by atoms with van der Waals surface area (Å²) in [5, 5.41) is 0.246. The lowest BCUT2D eigenvalue weighted by Crippen LogP contribution is -2.01. The summed E-state index contributed by atoms with van der Waals surface area (Å²) in [6.45, 7) is 4.82. The summed E-state index contributed by atoms with van der Waals surface area (Å²) < 4.78 is 5.63. The number of benzene rings is 1. The van der Waals surface area contributed by atoms with E-state index in [1.54, 1.807) is 0 Å². The Morgan fingerprint density at radius 2 is 2.07 bits per heavy atom. The number of para-hydroxylation sites is 1. The predicted molar refractivity (Wildman–Crippen MR) is 61.2 cm³/mol. The number of hydrogen-bond donors (Lipinski definition) is 0. The van der Waals surface area contributed by atoms with Crippen LogP contribution in [0.25, 0.3) is 0 Å². The third-order valence-corrected chi connectivity index (χ3v) is 2.32. The number of halogens is 1. The zero-order valence-corrected chi connectivity index (χ0v) is 9.55. The highest BCUT2D eigenvalue weighted by Gasteiger charge is 1.99. The van der Waals surface area contributed by atoms with Crippen LogP contribution in [0, 0.1) is 6.92 Å². The topological polar surface area (TPSA) is 9.23 Å². The molecule has 0 aliphatic carbocycles. The Balaban J connectivity index is 2.28. The molecule has 0 fully saturated rings. The number of ether oxygens (including phenoxy) is 1. The fraction of sp³-hybridized carbons (Fsp3) is 0.500. The number of alkyl halides is 1. The van der Waals surface area contributed by atoms with E-state index in [2.05, 4.69) is 13.0 Å². The molecule has 0 radical (unpaired) electrons. The number of aryl methyl sites for hydroxylation is 1. The Labute approximate surface area is 91.0 Å². The van der Waals surface area contributed by atoms with Crippen molar-refractivity contribution in [2.24, 2.45) is 0 Å². The second kappa shape index (κ2) is 5.92. The van der Waals surface area contributed by atoms with Gasteiger partial charge in [-0.3, -0.25) is 0 Å². The van der Waals surface area contributed by atoms with Crippen molar-refractivity contribution in [3.8, 4) is 5.75 Å². The van der Waals surface area contributed by atoms with Crippen LogP contribution in [0.2, 0.25) is 0 Å². The summed E-state index contributed by atoms with van der Waals surface area (Å²) in [7, 11) is 0. The van der Waals surface area contributed by atoms with E-state index in [1.165, 1.54) is 5.56 Å². The van der Waals surface area contributed by atoms with Crippen LogP contribution in [-0.2, 0) is 0 Å². The Bertz CT molecular complexity index is 271. The molecule has 1 aromatic carbocycles. The van der Waals surface area contributed by atoms with Gasteiger partial charge in [0.05, 0.1) is 6.61 Å². The minimum Gasteiger partial charge on any atom is -0.493 e. The molecule has 0 N–H and O–H groups in total. The molecule has 0 bridgehead atoms. The quantitative estimate of drug-likeness (QED) is 0.533. The van der Waals surface area contributed by atoms with Crippen molar-refractivity contribution in [1.82, 2.24) is 0 Å². The van der Waals surface area contributed by atoms with Crippen LogP contribution >= 0.6 is 11.6 Å². The third-order valence-electron chi connectivity index (χ3n) is 2.10. The molecule has 0 spiro atoms. The molecule has 0 heterocycles. The van der Waals surface area contributed by atoms with E-state index in [-0.39, 0.29) is 5.38 Å². The molecule has 14 heavy (non-hydrogen) atoms. The first kappa shape index (κ1) is 11.4. The average molecular weight is 213 g/mol. The van der Waals surface area contributed by atoms with Crippen molar-refractivity contribution >= 4 is 11.6 Å². The van der Waals surface area contributed by atoms with Gasteiger partial charge in [0.25, 0.3) is 0 Å². The van der Waals surface area contributed by atoms with Crippen LogP contribution in [0.1, 0.15) is 25.3 Å². The van der Waals surface area contributed by atoms with Gasteiger partial charge in [-0.1, -0.05) is 18.2 Å². The van der Waals surface area contributed by atoms with Gasteiger partial charge in [-0.05, 0) is 38.3 Å². The van der Waals surface area contributed by atoms with E-state index in [1.807, 2.05) is 25.1 Å². The second-order valence-electron chi connectivity index (χ2n) is 3.54. The Hall–Kier alpha value is -0.690. The van der Waals surface area contributed by atoms with Crippen molar-refractivity contribution < 1.29 is 4.74 Å². The van der Waals surface area contributed by atoms with Gasteiger partial charge in [-0.2, -0.15) is 0 Å². The first-order chi connectivity index (χ1) is 6.70. The zero-order valence-electron chi connectivity index (χ0n) is 8.79. The molecule has 0 aliphatic rings. The first-order valence-electron chi connectivity index (χ1n) is 5.02. The molecule has 0 aliphatic heterocycles. The number of rotatable bonds is 5. The maximum Gasteiger partial charge on any atom is 0.122 e. The molecular weight excluding hydrogens is 196 g/mol.